The van der Waals surface area contributed by atoms with E-state index in [1.54, 1.807) is 0 Å². The Kier molecular flexibility index (Phi) is 5.42. The van der Waals surface area contributed by atoms with Crippen molar-refractivity contribution in [3.8, 4) is 0 Å². The van der Waals surface area contributed by atoms with Crippen LogP contribution in [0.25, 0.3) is 0 Å². The number of nitrogens with one attached hydrogen (secondary N) is 1. The molecule has 0 atom stereocenters. The Labute approximate surface area is 151 Å². The molecular weight excluding hydrogens is 308 g/mol. The molecule has 1 heterocycles. The van der Waals surface area contributed by atoms with Crippen molar-refractivity contribution >= 4 is 11.6 Å². The maximum atomic E-state index is 12.6. The molecule has 0 aliphatic carbocycles. The summed E-state index contributed by atoms with van der Waals surface area (Å²) in [7, 11) is 0. The average molecular weight is 336 g/mol. The molecule has 3 nitrogen and oxygen atoms in total. The Morgan fingerprint density at radius 2 is 1.88 bits per heavy atom. The van der Waals surface area contributed by atoms with Gasteiger partial charge in [-0.2, -0.15) is 0 Å². The Bertz CT molecular complexity index is 751. The van der Waals surface area contributed by atoms with E-state index in [0.29, 0.717) is 18.9 Å². The minimum absolute atomic E-state index is 0.238. The molecule has 1 amide bonds. The fourth-order valence-corrected chi connectivity index (χ4v) is 3.57. The zero-order valence-corrected chi connectivity index (χ0v) is 15.5. The lowest BCUT2D eigenvalue weighted by atomic mass is 9.98. The molecule has 1 N–H and O–H groups in total. The summed E-state index contributed by atoms with van der Waals surface area (Å²) in [5, 5.41) is 3.50. The van der Waals surface area contributed by atoms with Crippen LogP contribution in [0.15, 0.2) is 42.5 Å². The second-order valence-electron chi connectivity index (χ2n) is 7.20. The van der Waals surface area contributed by atoms with Gasteiger partial charge in [-0.1, -0.05) is 56.3 Å². The van der Waals surface area contributed by atoms with E-state index < -0.39 is 0 Å². The number of hydrogen-bond acceptors (Lipinski definition) is 2. The van der Waals surface area contributed by atoms with E-state index in [4.69, 9.17) is 0 Å². The highest BCUT2D eigenvalue weighted by Gasteiger charge is 2.20. The molecule has 132 valence electrons. The van der Waals surface area contributed by atoms with E-state index in [1.807, 2.05) is 4.90 Å². The van der Waals surface area contributed by atoms with Crippen LogP contribution in [0, 0.1) is 6.92 Å². The van der Waals surface area contributed by atoms with Gasteiger partial charge in [-0.3, -0.25) is 4.79 Å². The van der Waals surface area contributed by atoms with E-state index in [2.05, 4.69) is 68.6 Å². The number of para-hydroxylation sites is 1. The van der Waals surface area contributed by atoms with Gasteiger partial charge in [0.2, 0.25) is 5.91 Å². The van der Waals surface area contributed by atoms with Crippen molar-refractivity contribution in [2.45, 2.75) is 46.1 Å². The summed E-state index contributed by atoms with van der Waals surface area (Å²) in [6, 6.07) is 14.8. The predicted molar refractivity (Wildman–Crippen MR) is 104 cm³/mol. The molecule has 2 aromatic carbocycles. The Morgan fingerprint density at radius 1 is 1.12 bits per heavy atom. The molecule has 0 aromatic heterocycles. The first-order valence-electron chi connectivity index (χ1n) is 9.24. The van der Waals surface area contributed by atoms with E-state index in [1.165, 1.54) is 27.9 Å². The molecule has 0 fully saturated rings. The Morgan fingerprint density at radius 3 is 2.64 bits per heavy atom. The molecule has 0 spiro atoms. The zero-order valence-electron chi connectivity index (χ0n) is 15.5. The van der Waals surface area contributed by atoms with Crippen molar-refractivity contribution in [3.05, 3.63) is 64.7 Å². The van der Waals surface area contributed by atoms with Gasteiger partial charge in [-0.05, 0) is 41.5 Å². The minimum Gasteiger partial charge on any atom is -0.384 e. The third kappa shape index (κ3) is 4.04. The highest BCUT2D eigenvalue weighted by molar-refractivity contribution is 5.77. The number of carbonyl (C=O) groups is 1. The average Bonchev–Trinajstić information content (AvgIpc) is 2.62. The molecule has 0 radical (unpaired) electrons. The van der Waals surface area contributed by atoms with Gasteiger partial charge in [0, 0.05) is 31.7 Å². The van der Waals surface area contributed by atoms with Crippen LogP contribution in [0.1, 0.15) is 48.4 Å². The summed E-state index contributed by atoms with van der Waals surface area (Å²) in [5.74, 6) is 0.707. The van der Waals surface area contributed by atoms with E-state index >= 15 is 0 Å². The minimum atomic E-state index is 0.238. The van der Waals surface area contributed by atoms with Crippen LogP contribution in [-0.4, -0.2) is 23.9 Å². The van der Waals surface area contributed by atoms with Gasteiger partial charge in [0.05, 0.1) is 0 Å². The van der Waals surface area contributed by atoms with Gasteiger partial charge in [0.15, 0.2) is 0 Å². The third-order valence-electron chi connectivity index (χ3n) is 5.05. The van der Waals surface area contributed by atoms with E-state index in [9.17, 15) is 4.79 Å². The van der Waals surface area contributed by atoms with Crippen LogP contribution >= 0.6 is 0 Å². The summed E-state index contributed by atoms with van der Waals surface area (Å²) < 4.78 is 0. The third-order valence-corrected chi connectivity index (χ3v) is 5.05. The molecule has 2 aromatic rings. The predicted octanol–water partition coefficient (Wildman–Crippen LogP) is 4.51. The monoisotopic (exact) mass is 336 g/mol. The number of benzene rings is 2. The lowest BCUT2D eigenvalue weighted by Crippen LogP contribution is -2.36. The molecule has 25 heavy (non-hydrogen) atoms. The van der Waals surface area contributed by atoms with Gasteiger partial charge in [0.25, 0.3) is 0 Å². The van der Waals surface area contributed by atoms with Gasteiger partial charge in [0.1, 0.15) is 0 Å². The molecule has 0 saturated heterocycles. The number of carbonyl (C=O) groups excluding carboxylic acids is 1. The molecular formula is C22H28N2O. The first-order chi connectivity index (χ1) is 12.1. The van der Waals surface area contributed by atoms with Gasteiger partial charge >= 0.3 is 0 Å². The van der Waals surface area contributed by atoms with Crippen molar-refractivity contribution < 1.29 is 4.79 Å². The van der Waals surface area contributed by atoms with Crippen molar-refractivity contribution in [1.82, 2.24) is 4.90 Å². The van der Waals surface area contributed by atoms with E-state index in [0.717, 1.165) is 19.5 Å². The summed E-state index contributed by atoms with van der Waals surface area (Å²) in [6.07, 6.45) is 1.50. The van der Waals surface area contributed by atoms with Crippen LogP contribution in [0.4, 0.5) is 5.69 Å². The number of hydrogen-bond donors (Lipinski definition) is 1. The highest BCUT2D eigenvalue weighted by Crippen LogP contribution is 2.27. The smallest absolute Gasteiger partial charge is 0.224 e. The lowest BCUT2D eigenvalue weighted by molar-refractivity contribution is -0.131. The number of amides is 1. The first-order valence-corrected chi connectivity index (χ1v) is 9.24. The van der Waals surface area contributed by atoms with Crippen molar-refractivity contribution in [3.63, 3.8) is 0 Å². The summed E-state index contributed by atoms with van der Waals surface area (Å²) in [4.78, 5) is 14.6. The van der Waals surface area contributed by atoms with Gasteiger partial charge in [-0.15, -0.1) is 0 Å². The van der Waals surface area contributed by atoms with E-state index in [-0.39, 0.29) is 5.91 Å². The number of anilines is 1. The second kappa shape index (κ2) is 7.73. The molecule has 0 unspecified atom stereocenters. The van der Waals surface area contributed by atoms with Gasteiger partial charge < -0.3 is 10.2 Å². The number of fused-ring (bicyclic) bond motifs is 1. The number of nitrogens with zero attached hydrogens (tertiary/aromatic N) is 1. The van der Waals surface area contributed by atoms with Crippen LogP contribution in [-0.2, 0) is 17.8 Å². The van der Waals surface area contributed by atoms with Gasteiger partial charge in [-0.25, -0.2) is 0 Å². The number of rotatable bonds is 5. The molecule has 1 aliphatic heterocycles. The largest absolute Gasteiger partial charge is 0.384 e. The van der Waals surface area contributed by atoms with Crippen molar-refractivity contribution in [1.29, 1.82) is 0 Å². The zero-order chi connectivity index (χ0) is 17.8. The molecule has 3 heteroatoms. The summed E-state index contributed by atoms with van der Waals surface area (Å²) in [5.41, 5.74) is 6.42. The van der Waals surface area contributed by atoms with Crippen LogP contribution < -0.4 is 5.32 Å². The normalized spacial score (nSPS) is 13.7. The maximum absolute atomic E-state index is 12.6. The standard InChI is InChI=1S/C22H28N2O/c1-16(2)20-10-6-7-17(3)22(20)23-13-11-21(25)24-14-12-18-8-4-5-9-19(18)15-24/h4-10,16,23H,11-15H2,1-3H3. The summed E-state index contributed by atoms with van der Waals surface area (Å²) >= 11 is 0. The summed E-state index contributed by atoms with van der Waals surface area (Å²) in [6.45, 7) is 8.79. The highest BCUT2D eigenvalue weighted by atomic mass is 16.2. The molecule has 1 aliphatic rings. The maximum Gasteiger partial charge on any atom is 0.224 e. The Hall–Kier alpha value is -2.29. The molecule has 0 saturated carbocycles. The Balaban J connectivity index is 1.58. The second-order valence-corrected chi connectivity index (χ2v) is 7.20. The molecule has 3 rings (SSSR count). The number of aryl methyl sites for hydroxylation is 1. The first kappa shape index (κ1) is 17.5. The van der Waals surface area contributed by atoms with Crippen LogP contribution in [0.3, 0.4) is 0 Å². The van der Waals surface area contributed by atoms with Crippen LogP contribution in [0.5, 0.6) is 0 Å². The van der Waals surface area contributed by atoms with Crippen LogP contribution in [0.2, 0.25) is 0 Å². The SMILES string of the molecule is Cc1cccc(C(C)C)c1NCCC(=O)N1CCc2ccccc2C1. The quantitative estimate of drug-likeness (QED) is 0.871. The van der Waals surface area contributed by atoms with Crippen molar-refractivity contribution in [2.24, 2.45) is 0 Å². The molecule has 0 bridgehead atoms. The fourth-order valence-electron chi connectivity index (χ4n) is 3.57. The van der Waals surface area contributed by atoms with Crippen molar-refractivity contribution in [2.75, 3.05) is 18.4 Å². The lowest BCUT2D eigenvalue weighted by Gasteiger charge is -2.29. The topological polar surface area (TPSA) is 32.3 Å². The fraction of sp³-hybridized carbons (Fsp3) is 0.409.